The topological polar surface area (TPSA) is 64.8 Å². The maximum atomic E-state index is 9.66. The van der Waals surface area contributed by atoms with Crippen molar-refractivity contribution in [3.05, 3.63) is 84.6 Å². The lowest BCUT2D eigenvalue weighted by Gasteiger charge is -2.34. The number of hydrogen-bond acceptors (Lipinski definition) is 5. The Balaban J connectivity index is 0.000000482. The quantitative estimate of drug-likeness (QED) is 0.251. The predicted octanol–water partition coefficient (Wildman–Crippen LogP) is 6.98. The number of piperidine rings is 1. The number of likely N-dealkylation sites (N-methyl/N-ethyl adjacent to an activating group) is 1. The minimum atomic E-state index is 0.138. The number of anilines is 2. The highest BCUT2D eigenvalue weighted by molar-refractivity contribution is 5.64. The first-order chi connectivity index (χ1) is 19.4. The molecule has 1 saturated carbocycles. The van der Waals surface area contributed by atoms with E-state index < -0.39 is 0 Å². The fourth-order valence-corrected chi connectivity index (χ4v) is 6.37. The second-order valence-electron chi connectivity index (χ2n) is 11.7. The highest BCUT2D eigenvalue weighted by Gasteiger charge is 2.23. The van der Waals surface area contributed by atoms with E-state index in [1.165, 1.54) is 74.7 Å². The summed E-state index contributed by atoms with van der Waals surface area (Å²) in [5, 5.41) is 12.7. The minimum absolute atomic E-state index is 0.138. The van der Waals surface area contributed by atoms with Crippen molar-refractivity contribution in [1.29, 1.82) is 0 Å². The van der Waals surface area contributed by atoms with Gasteiger partial charge in [-0.15, -0.1) is 0 Å². The number of nitrogens with one attached hydrogen (secondary N) is 1. The molecule has 1 heterocycles. The number of nitrogens with zero attached hydrogens (tertiary/aromatic N) is 2. The molecule has 1 aliphatic heterocycles. The van der Waals surface area contributed by atoms with Crippen LogP contribution in [-0.4, -0.2) is 55.9 Å². The zero-order valence-electron chi connectivity index (χ0n) is 25.2. The minimum Gasteiger partial charge on any atom is -0.401 e. The van der Waals surface area contributed by atoms with Gasteiger partial charge in [-0.25, -0.2) is 0 Å². The summed E-state index contributed by atoms with van der Waals surface area (Å²) in [4.78, 5) is 4.85. The maximum absolute atomic E-state index is 9.66. The molecule has 2 atom stereocenters. The Morgan fingerprint density at radius 1 is 1.02 bits per heavy atom. The Hall–Kier alpha value is -2.60. The van der Waals surface area contributed by atoms with Crippen LogP contribution in [0.25, 0.3) is 0 Å². The fraction of sp³-hybridized carbons (Fsp3) is 0.543. The van der Waals surface area contributed by atoms with Crippen molar-refractivity contribution >= 4 is 11.4 Å². The van der Waals surface area contributed by atoms with E-state index in [-0.39, 0.29) is 12.6 Å². The third-order valence-corrected chi connectivity index (χ3v) is 8.50. The van der Waals surface area contributed by atoms with Gasteiger partial charge in [0.2, 0.25) is 0 Å². The summed E-state index contributed by atoms with van der Waals surface area (Å²) in [6.07, 6.45) is 11.8. The monoisotopic (exact) mass is 546 g/mol. The van der Waals surface area contributed by atoms with E-state index in [0.29, 0.717) is 12.5 Å². The summed E-state index contributed by atoms with van der Waals surface area (Å²) >= 11 is 0. The molecular weight excluding hydrogens is 492 g/mol. The molecule has 4 rings (SSSR count). The first-order valence-electron chi connectivity index (χ1n) is 15.5. The van der Waals surface area contributed by atoms with E-state index in [1.807, 2.05) is 13.1 Å². The summed E-state index contributed by atoms with van der Waals surface area (Å²) in [5.74, 6) is 1.45. The molecule has 0 aromatic heterocycles. The number of nitrogens with two attached hydrogens (primary N) is 1. The van der Waals surface area contributed by atoms with Crippen LogP contribution in [0.2, 0.25) is 0 Å². The molecule has 0 spiro atoms. The number of likely N-dealkylation sites (tertiary alicyclic amines) is 1. The van der Waals surface area contributed by atoms with E-state index in [0.717, 1.165) is 36.8 Å². The highest BCUT2D eigenvalue weighted by Crippen LogP contribution is 2.33. The zero-order valence-corrected chi connectivity index (χ0v) is 25.2. The standard InChI is InChI=1S/C29H40N2O.C6H14N2/c1-24(20-25-10-4-2-5-11-25)22-30-17-9-13-27(23-30)26-12-8-16-29(21-26)31(18-19-32)28-14-6-3-7-15-28;1-4-6(8-3)5(2)7/h3,6-8,12,14-16,21,25,27,32H,1-2,4-5,9-11,13,17-20,22-23H2;6,8H,2,4,7H2,1,3H3/t27-;/m1./s1. The Kier molecular flexibility index (Phi) is 13.8. The van der Waals surface area contributed by atoms with Crippen molar-refractivity contribution in [3.63, 3.8) is 0 Å². The number of aliphatic hydroxyl groups is 1. The van der Waals surface area contributed by atoms with Crippen molar-refractivity contribution in [2.24, 2.45) is 11.7 Å². The molecule has 0 radical (unpaired) electrons. The van der Waals surface area contributed by atoms with Crippen LogP contribution < -0.4 is 16.0 Å². The zero-order chi connectivity index (χ0) is 28.7. The Morgan fingerprint density at radius 3 is 2.38 bits per heavy atom. The van der Waals surface area contributed by atoms with Crippen LogP contribution in [-0.2, 0) is 0 Å². The number of benzene rings is 2. The van der Waals surface area contributed by atoms with Gasteiger partial charge in [-0.3, -0.25) is 4.90 Å². The van der Waals surface area contributed by atoms with Gasteiger partial charge in [0.25, 0.3) is 0 Å². The molecule has 40 heavy (non-hydrogen) atoms. The molecule has 4 N–H and O–H groups in total. The third-order valence-electron chi connectivity index (χ3n) is 8.50. The van der Waals surface area contributed by atoms with Gasteiger partial charge in [0.15, 0.2) is 0 Å². The molecule has 2 aromatic carbocycles. The van der Waals surface area contributed by atoms with Crippen LogP contribution in [0.5, 0.6) is 0 Å². The molecular formula is C35H54N4O. The summed E-state index contributed by atoms with van der Waals surface area (Å²) in [5.41, 5.74) is 11.3. The van der Waals surface area contributed by atoms with Crippen LogP contribution in [0.1, 0.15) is 76.2 Å². The average Bonchev–Trinajstić information content (AvgIpc) is 2.98. The molecule has 2 fully saturated rings. The van der Waals surface area contributed by atoms with E-state index in [1.54, 1.807) is 0 Å². The van der Waals surface area contributed by atoms with Gasteiger partial charge in [0.05, 0.1) is 6.61 Å². The number of aliphatic hydroxyl groups excluding tert-OH is 1. The van der Waals surface area contributed by atoms with Gasteiger partial charge in [-0.05, 0) is 80.9 Å². The largest absolute Gasteiger partial charge is 0.401 e. The first kappa shape index (κ1) is 31.9. The Labute approximate surface area is 244 Å². The summed E-state index contributed by atoms with van der Waals surface area (Å²) in [6.45, 7) is 14.3. The van der Waals surface area contributed by atoms with Crippen LogP contribution in [0.4, 0.5) is 11.4 Å². The molecule has 5 nitrogen and oxygen atoms in total. The molecule has 2 aliphatic rings. The highest BCUT2D eigenvalue weighted by atomic mass is 16.3. The fourth-order valence-electron chi connectivity index (χ4n) is 6.37. The molecule has 0 amide bonds. The molecule has 1 saturated heterocycles. The normalized spacial score (nSPS) is 18.8. The predicted molar refractivity (Wildman–Crippen MR) is 172 cm³/mol. The van der Waals surface area contributed by atoms with Crippen molar-refractivity contribution in [2.75, 3.05) is 44.7 Å². The summed E-state index contributed by atoms with van der Waals surface area (Å²) in [7, 11) is 1.88. The van der Waals surface area contributed by atoms with Crippen LogP contribution >= 0.6 is 0 Å². The molecule has 0 bridgehead atoms. The molecule has 2 aromatic rings. The number of para-hydroxylation sites is 1. The molecule has 220 valence electrons. The van der Waals surface area contributed by atoms with Gasteiger partial charge >= 0.3 is 0 Å². The van der Waals surface area contributed by atoms with Crippen LogP contribution in [0.15, 0.2) is 79.0 Å². The number of hydrogen-bond donors (Lipinski definition) is 3. The van der Waals surface area contributed by atoms with Crippen LogP contribution in [0, 0.1) is 5.92 Å². The van der Waals surface area contributed by atoms with Gasteiger partial charge in [0.1, 0.15) is 0 Å². The summed E-state index contributed by atoms with van der Waals surface area (Å²) in [6, 6.07) is 19.6. The third kappa shape index (κ3) is 10.1. The van der Waals surface area contributed by atoms with E-state index in [2.05, 4.69) is 83.7 Å². The Bertz CT molecular complexity index is 1010. The lowest BCUT2D eigenvalue weighted by Crippen LogP contribution is -2.36. The van der Waals surface area contributed by atoms with Crippen molar-refractivity contribution in [1.82, 2.24) is 10.2 Å². The van der Waals surface area contributed by atoms with Gasteiger partial charge in [-0.2, -0.15) is 0 Å². The van der Waals surface area contributed by atoms with Crippen molar-refractivity contribution in [3.8, 4) is 0 Å². The maximum Gasteiger partial charge on any atom is 0.0610 e. The average molecular weight is 547 g/mol. The molecule has 1 unspecified atom stereocenters. The van der Waals surface area contributed by atoms with Crippen molar-refractivity contribution in [2.45, 2.75) is 76.7 Å². The first-order valence-corrected chi connectivity index (χ1v) is 15.5. The van der Waals surface area contributed by atoms with Crippen LogP contribution in [0.3, 0.4) is 0 Å². The Morgan fingerprint density at radius 2 is 1.75 bits per heavy atom. The van der Waals surface area contributed by atoms with Gasteiger partial charge in [-0.1, -0.05) is 88.1 Å². The second kappa shape index (κ2) is 17.3. The second-order valence-corrected chi connectivity index (χ2v) is 11.7. The van der Waals surface area contributed by atoms with E-state index in [9.17, 15) is 5.11 Å². The van der Waals surface area contributed by atoms with Gasteiger partial charge < -0.3 is 21.1 Å². The molecule has 5 heteroatoms. The van der Waals surface area contributed by atoms with Gasteiger partial charge in [0, 0.05) is 42.7 Å². The lowest BCUT2D eigenvalue weighted by molar-refractivity contribution is 0.219. The number of rotatable bonds is 12. The van der Waals surface area contributed by atoms with E-state index >= 15 is 0 Å². The molecule has 1 aliphatic carbocycles. The smallest absolute Gasteiger partial charge is 0.0610 e. The van der Waals surface area contributed by atoms with Crippen molar-refractivity contribution < 1.29 is 5.11 Å². The summed E-state index contributed by atoms with van der Waals surface area (Å²) < 4.78 is 0. The van der Waals surface area contributed by atoms with E-state index in [4.69, 9.17) is 5.73 Å². The SMILES string of the molecule is C=C(CC1CCCCC1)CN1CCC[C@@H](c2cccc(N(CCO)c3ccccc3)c2)C1.C=C(N)C(CC)NC. The lowest BCUT2D eigenvalue weighted by atomic mass is 9.84.